The van der Waals surface area contributed by atoms with E-state index < -0.39 is 0 Å². The number of benzene rings is 1. The topological polar surface area (TPSA) is 33.7 Å². The quantitative estimate of drug-likeness (QED) is 0.892. The first-order chi connectivity index (χ1) is 9.15. The summed E-state index contributed by atoms with van der Waals surface area (Å²) in [5.41, 5.74) is 2.32. The van der Waals surface area contributed by atoms with Crippen LogP contribution in [-0.2, 0) is 6.42 Å². The van der Waals surface area contributed by atoms with Crippen molar-refractivity contribution in [1.82, 2.24) is 10.2 Å². The van der Waals surface area contributed by atoms with Gasteiger partial charge in [-0.05, 0) is 43.7 Å². The van der Waals surface area contributed by atoms with Crippen LogP contribution < -0.4 is 14.8 Å². The van der Waals surface area contributed by atoms with E-state index >= 15 is 0 Å². The Bertz CT molecular complexity index is 434. The smallest absolute Gasteiger partial charge is 0.122 e. The molecule has 1 aliphatic rings. The number of piperazine rings is 1. The van der Waals surface area contributed by atoms with Gasteiger partial charge in [0.05, 0.1) is 14.2 Å². The SMILES string of the molecule is COc1cc(CC2CNCCN2C)c(OC)cc1C. The highest BCUT2D eigenvalue weighted by molar-refractivity contribution is 5.46. The van der Waals surface area contributed by atoms with E-state index in [4.69, 9.17) is 9.47 Å². The van der Waals surface area contributed by atoms with Gasteiger partial charge in [-0.25, -0.2) is 0 Å². The van der Waals surface area contributed by atoms with E-state index in [9.17, 15) is 0 Å². The van der Waals surface area contributed by atoms with E-state index in [1.807, 2.05) is 6.92 Å². The molecule has 0 amide bonds. The van der Waals surface area contributed by atoms with Crippen LogP contribution in [0, 0.1) is 6.92 Å². The molecule has 4 heteroatoms. The lowest BCUT2D eigenvalue weighted by molar-refractivity contribution is 0.198. The molecule has 1 saturated heterocycles. The number of likely N-dealkylation sites (N-methyl/N-ethyl adjacent to an activating group) is 1. The Kier molecular flexibility index (Phi) is 4.66. The summed E-state index contributed by atoms with van der Waals surface area (Å²) in [6.07, 6.45) is 0.976. The summed E-state index contributed by atoms with van der Waals surface area (Å²) in [5, 5.41) is 3.45. The van der Waals surface area contributed by atoms with Crippen LogP contribution >= 0.6 is 0 Å². The van der Waals surface area contributed by atoms with Crippen molar-refractivity contribution >= 4 is 0 Å². The van der Waals surface area contributed by atoms with Crippen molar-refractivity contribution in [1.29, 1.82) is 0 Å². The molecular weight excluding hydrogens is 240 g/mol. The van der Waals surface area contributed by atoms with Gasteiger partial charge in [-0.2, -0.15) is 0 Å². The summed E-state index contributed by atoms with van der Waals surface area (Å²) >= 11 is 0. The normalized spacial score (nSPS) is 20.3. The second-order valence-corrected chi connectivity index (χ2v) is 5.18. The summed E-state index contributed by atoms with van der Waals surface area (Å²) < 4.78 is 10.9. The number of nitrogens with zero attached hydrogens (tertiary/aromatic N) is 1. The number of ether oxygens (including phenoxy) is 2. The lowest BCUT2D eigenvalue weighted by Crippen LogP contribution is -2.50. The van der Waals surface area contributed by atoms with Crippen LogP contribution in [0.2, 0.25) is 0 Å². The Morgan fingerprint density at radius 1 is 1.26 bits per heavy atom. The largest absolute Gasteiger partial charge is 0.496 e. The molecule has 19 heavy (non-hydrogen) atoms. The molecule has 4 nitrogen and oxygen atoms in total. The molecule has 1 atom stereocenters. The van der Waals surface area contributed by atoms with Crippen molar-refractivity contribution in [3.8, 4) is 11.5 Å². The first kappa shape index (κ1) is 14.2. The van der Waals surface area contributed by atoms with Crippen LogP contribution in [0.3, 0.4) is 0 Å². The van der Waals surface area contributed by atoms with Gasteiger partial charge in [0.2, 0.25) is 0 Å². The summed E-state index contributed by atoms with van der Waals surface area (Å²) in [6.45, 7) is 5.23. The second-order valence-electron chi connectivity index (χ2n) is 5.18. The third-order valence-corrected chi connectivity index (χ3v) is 3.90. The molecule has 2 rings (SSSR count). The maximum absolute atomic E-state index is 5.51. The Morgan fingerprint density at radius 2 is 2.00 bits per heavy atom. The highest BCUT2D eigenvalue weighted by Crippen LogP contribution is 2.29. The van der Waals surface area contributed by atoms with E-state index in [0.717, 1.165) is 43.1 Å². The highest BCUT2D eigenvalue weighted by Gasteiger charge is 2.21. The second kappa shape index (κ2) is 6.26. The van der Waals surface area contributed by atoms with Gasteiger partial charge in [-0.1, -0.05) is 0 Å². The molecule has 1 unspecified atom stereocenters. The van der Waals surface area contributed by atoms with E-state index in [-0.39, 0.29) is 0 Å². The fraction of sp³-hybridized carbons (Fsp3) is 0.600. The number of rotatable bonds is 4. The molecule has 0 spiro atoms. The van der Waals surface area contributed by atoms with Crippen molar-refractivity contribution in [2.24, 2.45) is 0 Å². The lowest BCUT2D eigenvalue weighted by Gasteiger charge is -2.33. The van der Waals surface area contributed by atoms with E-state index in [2.05, 4.69) is 29.4 Å². The molecular formula is C15H24N2O2. The zero-order valence-electron chi connectivity index (χ0n) is 12.3. The molecule has 1 aromatic rings. The molecule has 1 fully saturated rings. The van der Waals surface area contributed by atoms with Gasteiger partial charge in [0.1, 0.15) is 11.5 Å². The number of methoxy groups -OCH3 is 2. The Labute approximate surface area is 115 Å². The molecule has 1 aromatic carbocycles. The van der Waals surface area contributed by atoms with E-state index in [1.165, 1.54) is 5.56 Å². The zero-order valence-corrected chi connectivity index (χ0v) is 12.3. The van der Waals surface area contributed by atoms with Crippen molar-refractivity contribution in [3.63, 3.8) is 0 Å². The third kappa shape index (κ3) is 3.19. The monoisotopic (exact) mass is 264 g/mol. The van der Waals surface area contributed by atoms with Gasteiger partial charge in [0.15, 0.2) is 0 Å². The number of hydrogen-bond donors (Lipinski definition) is 1. The Balaban J connectivity index is 2.22. The van der Waals surface area contributed by atoms with Crippen molar-refractivity contribution in [2.45, 2.75) is 19.4 Å². The minimum atomic E-state index is 0.509. The molecule has 1 heterocycles. The van der Waals surface area contributed by atoms with E-state index in [1.54, 1.807) is 14.2 Å². The Hall–Kier alpha value is -1.26. The average Bonchev–Trinajstić information content (AvgIpc) is 2.42. The van der Waals surface area contributed by atoms with Crippen LogP contribution in [0.4, 0.5) is 0 Å². The van der Waals surface area contributed by atoms with Crippen molar-refractivity contribution in [2.75, 3.05) is 40.9 Å². The van der Waals surface area contributed by atoms with Gasteiger partial charge in [-0.15, -0.1) is 0 Å². The maximum Gasteiger partial charge on any atom is 0.122 e. The molecule has 106 valence electrons. The molecule has 0 saturated carbocycles. The summed E-state index contributed by atoms with van der Waals surface area (Å²) in [5.74, 6) is 1.89. The minimum Gasteiger partial charge on any atom is -0.496 e. The van der Waals surface area contributed by atoms with Gasteiger partial charge in [0.25, 0.3) is 0 Å². The van der Waals surface area contributed by atoms with Crippen molar-refractivity contribution < 1.29 is 9.47 Å². The molecule has 0 radical (unpaired) electrons. The standard InChI is InChI=1S/C15H24N2O2/c1-11-7-15(19-4)12(9-14(11)18-3)8-13-10-16-5-6-17(13)2/h7,9,13,16H,5-6,8,10H2,1-4H3. The van der Waals surface area contributed by atoms with Crippen molar-refractivity contribution in [3.05, 3.63) is 23.3 Å². The molecule has 0 aromatic heterocycles. The zero-order chi connectivity index (χ0) is 13.8. The first-order valence-electron chi connectivity index (χ1n) is 6.78. The summed E-state index contributed by atoms with van der Waals surface area (Å²) in [6, 6.07) is 4.68. The average molecular weight is 264 g/mol. The van der Waals surface area contributed by atoms with Gasteiger partial charge in [0, 0.05) is 25.7 Å². The minimum absolute atomic E-state index is 0.509. The fourth-order valence-corrected chi connectivity index (χ4v) is 2.62. The van der Waals surface area contributed by atoms with Gasteiger partial charge in [-0.3, -0.25) is 0 Å². The predicted molar refractivity (Wildman–Crippen MR) is 77.3 cm³/mol. The number of nitrogens with one attached hydrogen (secondary N) is 1. The molecule has 1 aliphatic heterocycles. The molecule has 0 bridgehead atoms. The lowest BCUT2D eigenvalue weighted by atomic mass is 10.0. The van der Waals surface area contributed by atoms with Crippen LogP contribution in [0.1, 0.15) is 11.1 Å². The first-order valence-corrected chi connectivity index (χ1v) is 6.78. The fourth-order valence-electron chi connectivity index (χ4n) is 2.62. The van der Waals surface area contributed by atoms with Crippen LogP contribution in [0.15, 0.2) is 12.1 Å². The van der Waals surface area contributed by atoms with E-state index in [0.29, 0.717) is 6.04 Å². The van der Waals surface area contributed by atoms with Crippen LogP contribution in [-0.4, -0.2) is 51.8 Å². The van der Waals surface area contributed by atoms with Crippen LogP contribution in [0.5, 0.6) is 11.5 Å². The van der Waals surface area contributed by atoms with Gasteiger partial charge >= 0.3 is 0 Å². The highest BCUT2D eigenvalue weighted by atomic mass is 16.5. The summed E-state index contributed by atoms with van der Waals surface area (Å²) in [7, 11) is 5.63. The molecule has 0 aliphatic carbocycles. The Morgan fingerprint density at radius 3 is 2.63 bits per heavy atom. The molecule has 1 N–H and O–H groups in total. The number of hydrogen-bond acceptors (Lipinski definition) is 4. The number of aryl methyl sites for hydroxylation is 1. The van der Waals surface area contributed by atoms with Gasteiger partial charge < -0.3 is 19.7 Å². The third-order valence-electron chi connectivity index (χ3n) is 3.90. The summed E-state index contributed by atoms with van der Waals surface area (Å²) in [4.78, 5) is 2.41. The predicted octanol–water partition coefficient (Wildman–Crippen LogP) is 1.46. The maximum atomic E-state index is 5.51. The van der Waals surface area contributed by atoms with Crippen LogP contribution in [0.25, 0.3) is 0 Å².